The maximum atomic E-state index is 11.8. The van der Waals surface area contributed by atoms with Crippen molar-refractivity contribution in [2.45, 2.75) is 26.8 Å². The molecule has 0 saturated carbocycles. The lowest BCUT2D eigenvalue weighted by Crippen LogP contribution is -2.46. The number of amides is 2. The molecule has 0 spiro atoms. The van der Waals surface area contributed by atoms with Gasteiger partial charge in [0, 0.05) is 11.0 Å². The van der Waals surface area contributed by atoms with E-state index in [4.69, 9.17) is 16.3 Å². The summed E-state index contributed by atoms with van der Waals surface area (Å²) in [7, 11) is 0. The Balaban J connectivity index is 2.56. The summed E-state index contributed by atoms with van der Waals surface area (Å²) >= 11 is 9.39. The van der Waals surface area contributed by atoms with Gasteiger partial charge in [-0.15, -0.1) is 0 Å². The Hall–Kier alpha value is -1.27. The molecule has 7 heteroatoms. The normalized spacial score (nSPS) is 11.7. The molecule has 1 atom stereocenters. The number of rotatable bonds is 6. The van der Waals surface area contributed by atoms with E-state index in [1.165, 1.54) is 0 Å². The lowest BCUT2D eigenvalue weighted by Gasteiger charge is -2.15. The third-order valence-corrected chi connectivity index (χ3v) is 3.40. The molecule has 0 aromatic heterocycles. The van der Waals surface area contributed by atoms with E-state index in [1.807, 2.05) is 19.9 Å². The van der Waals surface area contributed by atoms with E-state index >= 15 is 0 Å². The van der Waals surface area contributed by atoms with E-state index in [-0.39, 0.29) is 18.4 Å². The number of halogens is 2. The SMILES string of the molecule is CCNC(=O)[C@@H](C)NC(=O)COc1c(C)cc(Br)cc1Cl. The minimum absolute atomic E-state index is 0.202. The van der Waals surface area contributed by atoms with E-state index in [9.17, 15) is 9.59 Å². The van der Waals surface area contributed by atoms with Gasteiger partial charge in [0.25, 0.3) is 5.91 Å². The van der Waals surface area contributed by atoms with Crippen molar-refractivity contribution in [1.29, 1.82) is 0 Å². The van der Waals surface area contributed by atoms with Gasteiger partial charge in [0.05, 0.1) is 5.02 Å². The van der Waals surface area contributed by atoms with Gasteiger partial charge in [0.1, 0.15) is 11.8 Å². The molecular formula is C14H18BrClN2O3. The Morgan fingerprint density at radius 3 is 2.67 bits per heavy atom. The van der Waals surface area contributed by atoms with Crippen LogP contribution in [0.4, 0.5) is 0 Å². The molecule has 2 N–H and O–H groups in total. The van der Waals surface area contributed by atoms with Crippen LogP contribution in [-0.4, -0.2) is 31.0 Å². The van der Waals surface area contributed by atoms with Crippen LogP contribution in [0.15, 0.2) is 16.6 Å². The smallest absolute Gasteiger partial charge is 0.258 e. The largest absolute Gasteiger partial charge is 0.482 e. The van der Waals surface area contributed by atoms with Gasteiger partial charge in [0.2, 0.25) is 5.91 Å². The van der Waals surface area contributed by atoms with Crippen LogP contribution in [-0.2, 0) is 9.59 Å². The number of ether oxygens (including phenoxy) is 1. The number of benzene rings is 1. The first-order valence-corrected chi connectivity index (χ1v) is 7.67. The second-order valence-corrected chi connectivity index (χ2v) is 5.83. The van der Waals surface area contributed by atoms with E-state index in [0.29, 0.717) is 17.3 Å². The van der Waals surface area contributed by atoms with Crippen molar-refractivity contribution >= 4 is 39.3 Å². The summed E-state index contributed by atoms with van der Waals surface area (Å²) in [6.45, 7) is 5.57. The molecule has 116 valence electrons. The Kier molecular flexibility index (Phi) is 6.98. The van der Waals surface area contributed by atoms with Crippen LogP contribution in [0.3, 0.4) is 0 Å². The van der Waals surface area contributed by atoms with Crippen molar-refractivity contribution in [1.82, 2.24) is 10.6 Å². The van der Waals surface area contributed by atoms with Crippen molar-refractivity contribution in [3.63, 3.8) is 0 Å². The van der Waals surface area contributed by atoms with Crippen molar-refractivity contribution in [2.24, 2.45) is 0 Å². The highest BCUT2D eigenvalue weighted by Crippen LogP contribution is 2.31. The molecule has 0 aliphatic carbocycles. The van der Waals surface area contributed by atoms with E-state index in [1.54, 1.807) is 13.0 Å². The molecule has 0 saturated heterocycles. The Bertz CT molecular complexity index is 514. The van der Waals surface area contributed by atoms with E-state index in [0.717, 1.165) is 10.0 Å². The lowest BCUT2D eigenvalue weighted by molar-refractivity contribution is -0.129. The summed E-state index contributed by atoms with van der Waals surface area (Å²) < 4.78 is 6.27. The van der Waals surface area contributed by atoms with Crippen LogP contribution < -0.4 is 15.4 Å². The Morgan fingerprint density at radius 2 is 2.10 bits per heavy atom. The molecule has 0 aliphatic heterocycles. The van der Waals surface area contributed by atoms with E-state index < -0.39 is 6.04 Å². The zero-order valence-electron chi connectivity index (χ0n) is 12.1. The summed E-state index contributed by atoms with van der Waals surface area (Å²) in [5, 5.41) is 5.61. The number of hydrogen-bond donors (Lipinski definition) is 2. The molecule has 5 nitrogen and oxygen atoms in total. The minimum atomic E-state index is -0.609. The van der Waals surface area contributed by atoms with Gasteiger partial charge < -0.3 is 15.4 Å². The van der Waals surface area contributed by atoms with Crippen molar-refractivity contribution in [3.8, 4) is 5.75 Å². The second-order valence-electron chi connectivity index (χ2n) is 4.51. The van der Waals surface area contributed by atoms with Crippen LogP contribution in [0.5, 0.6) is 5.75 Å². The number of carbonyl (C=O) groups excluding carboxylic acids is 2. The van der Waals surface area contributed by atoms with Gasteiger partial charge in [-0.2, -0.15) is 0 Å². The maximum Gasteiger partial charge on any atom is 0.258 e. The highest BCUT2D eigenvalue weighted by molar-refractivity contribution is 9.10. The zero-order chi connectivity index (χ0) is 16.0. The van der Waals surface area contributed by atoms with Crippen LogP contribution in [0.1, 0.15) is 19.4 Å². The van der Waals surface area contributed by atoms with Crippen LogP contribution >= 0.6 is 27.5 Å². The standard InChI is InChI=1S/C14H18BrClN2O3/c1-4-17-14(20)9(3)18-12(19)7-21-13-8(2)5-10(15)6-11(13)16/h5-6,9H,4,7H2,1-3H3,(H,17,20)(H,18,19)/t9-/m1/s1. The van der Waals surface area contributed by atoms with Crippen LogP contribution in [0.2, 0.25) is 5.02 Å². The minimum Gasteiger partial charge on any atom is -0.482 e. The summed E-state index contributed by atoms with van der Waals surface area (Å²) in [6.07, 6.45) is 0. The molecular weight excluding hydrogens is 360 g/mol. The third kappa shape index (κ3) is 5.55. The summed E-state index contributed by atoms with van der Waals surface area (Å²) in [6, 6.07) is 2.93. The fraction of sp³-hybridized carbons (Fsp3) is 0.429. The monoisotopic (exact) mass is 376 g/mol. The van der Waals surface area contributed by atoms with Gasteiger partial charge in [-0.3, -0.25) is 9.59 Å². The number of nitrogens with one attached hydrogen (secondary N) is 2. The first-order valence-electron chi connectivity index (χ1n) is 6.50. The van der Waals surface area contributed by atoms with Gasteiger partial charge in [0.15, 0.2) is 6.61 Å². The fourth-order valence-electron chi connectivity index (χ4n) is 1.69. The van der Waals surface area contributed by atoms with Gasteiger partial charge in [-0.05, 0) is 38.5 Å². The first-order chi connectivity index (χ1) is 9.85. The molecule has 1 rings (SSSR count). The van der Waals surface area contributed by atoms with Crippen molar-refractivity contribution in [2.75, 3.05) is 13.2 Å². The highest BCUT2D eigenvalue weighted by atomic mass is 79.9. The van der Waals surface area contributed by atoms with Crippen LogP contribution in [0.25, 0.3) is 0 Å². The zero-order valence-corrected chi connectivity index (χ0v) is 14.5. The molecule has 1 aromatic rings. The molecule has 0 radical (unpaired) electrons. The molecule has 0 unspecified atom stereocenters. The van der Waals surface area contributed by atoms with Crippen molar-refractivity contribution in [3.05, 3.63) is 27.2 Å². The fourth-order valence-corrected chi connectivity index (χ4v) is 2.71. The average molecular weight is 378 g/mol. The molecule has 21 heavy (non-hydrogen) atoms. The second kappa shape index (κ2) is 8.24. The van der Waals surface area contributed by atoms with Crippen molar-refractivity contribution < 1.29 is 14.3 Å². The average Bonchev–Trinajstić information content (AvgIpc) is 2.37. The number of likely N-dealkylation sites (N-methyl/N-ethyl adjacent to an activating group) is 1. The van der Waals surface area contributed by atoms with Gasteiger partial charge in [-0.1, -0.05) is 27.5 Å². The predicted octanol–water partition coefficient (Wildman–Crippen LogP) is 2.43. The topological polar surface area (TPSA) is 67.4 Å². The van der Waals surface area contributed by atoms with E-state index in [2.05, 4.69) is 26.6 Å². The summed E-state index contributed by atoms with van der Waals surface area (Å²) in [4.78, 5) is 23.3. The lowest BCUT2D eigenvalue weighted by atomic mass is 10.2. The maximum absolute atomic E-state index is 11.8. The van der Waals surface area contributed by atoms with Crippen LogP contribution in [0, 0.1) is 6.92 Å². The molecule has 0 bridgehead atoms. The quantitative estimate of drug-likeness (QED) is 0.800. The number of carbonyl (C=O) groups is 2. The Morgan fingerprint density at radius 1 is 1.43 bits per heavy atom. The number of aryl methyl sites for hydroxylation is 1. The highest BCUT2D eigenvalue weighted by Gasteiger charge is 2.16. The summed E-state index contributed by atoms with van der Waals surface area (Å²) in [5.41, 5.74) is 0.818. The predicted molar refractivity (Wildman–Crippen MR) is 85.7 cm³/mol. The molecule has 2 amide bonds. The van der Waals surface area contributed by atoms with Gasteiger partial charge >= 0.3 is 0 Å². The molecule has 0 heterocycles. The first kappa shape index (κ1) is 17.8. The Labute approximate surface area is 137 Å². The molecule has 0 aliphatic rings. The van der Waals surface area contributed by atoms with Gasteiger partial charge in [-0.25, -0.2) is 0 Å². The number of hydrogen-bond acceptors (Lipinski definition) is 3. The summed E-state index contributed by atoms with van der Waals surface area (Å²) in [5.74, 6) is -0.156. The molecule has 1 aromatic carbocycles. The molecule has 0 fully saturated rings. The third-order valence-electron chi connectivity index (χ3n) is 2.66.